The van der Waals surface area contributed by atoms with Crippen molar-refractivity contribution < 1.29 is 8.42 Å². The Kier molecular flexibility index (Phi) is 2.81. The predicted octanol–water partition coefficient (Wildman–Crippen LogP) is -0.403. The zero-order valence-corrected chi connectivity index (χ0v) is 9.17. The van der Waals surface area contributed by atoms with E-state index in [0.717, 1.165) is 25.9 Å². The van der Waals surface area contributed by atoms with Crippen LogP contribution >= 0.6 is 0 Å². The van der Waals surface area contributed by atoms with E-state index in [1.165, 1.54) is 6.42 Å². The van der Waals surface area contributed by atoms with Crippen LogP contribution < -0.4 is 5.73 Å². The highest BCUT2D eigenvalue weighted by atomic mass is 32.2. The number of rotatable bonds is 1. The van der Waals surface area contributed by atoms with Crippen molar-refractivity contribution in [1.82, 2.24) is 4.90 Å². The molecular weight excluding hydrogens is 200 g/mol. The second-order valence-electron chi connectivity index (χ2n) is 4.48. The van der Waals surface area contributed by atoms with Gasteiger partial charge < -0.3 is 5.73 Å². The zero-order valence-electron chi connectivity index (χ0n) is 8.35. The minimum Gasteiger partial charge on any atom is -0.327 e. The second kappa shape index (κ2) is 3.79. The van der Waals surface area contributed by atoms with E-state index in [-0.39, 0.29) is 12.1 Å². The average molecular weight is 218 g/mol. The zero-order chi connectivity index (χ0) is 10.2. The normalized spacial score (nSPS) is 34.8. The van der Waals surface area contributed by atoms with E-state index < -0.39 is 9.84 Å². The summed E-state index contributed by atoms with van der Waals surface area (Å²) in [6.07, 6.45) is 3.41. The quantitative estimate of drug-likeness (QED) is 0.650. The van der Waals surface area contributed by atoms with E-state index >= 15 is 0 Å². The lowest BCUT2D eigenvalue weighted by Gasteiger charge is -2.37. The molecule has 2 heterocycles. The van der Waals surface area contributed by atoms with Gasteiger partial charge in [-0.25, -0.2) is 8.42 Å². The molecule has 4 nitrogen and oxygen atoms in total. The van der Waals surface area contributed by atoms with Crippen molar-refractivity contribution in [3.05, 3.63) is 0 Å². The molecule has 0 spiro atoms. The molecule has 0 aromatic heterocycles. The van der Waals surface area contributed by atoms with Crippen molar-refractivity contribution in [2.45, 2.75) is 31.3 Å². The first-order valence-electron chi connectivity index (χ1n) is 5.27. The first-order chi connectivity index (χ1) is 6.57. The molecule has 1 unspecified atom stereocenters. The van der Waals surface area contributed by atoms with Gasteiger partial charge in [-0.05, 0) is 19.4 Å². The van der Waals surface area contributed by atoms with Gasteiger partial charge in [0.05, 0.1) is 11.5 Å². The molecule has 0 amide bonds. The largest absolute Gasteiger partial charge is 0.327 e. The van der Waals surface area contributed by atoms with E-state index in [0.29, 0.717) is 11.5 Å². The predicted molar refractivity (Wildman–Crippen MR) is 55.8 cm³/mol. The lowest BCUT2D eigenvalue weighted by Crippen LogP contribution is -2.55. The SMILES string of the molecule is NC1CCCCN(C2CS(=O)(=O)C2)C1. The molecule has 14 heavy (non-hydrogen) atoms. The van der Waals surface area contributed by atoms with Crippen LogP contribution in [0.2, 0.25) is 0 Å². The molecule has 0 aliphatic carbocycles. The van der Waals surface area contributed by atoms with Gasteiger partial charge >= 0.3 is 0 Å². The number of nitrogens with zero attached hydrogens (tertiary/aromatic N) is 1. The molecule has 82 valence electrons. The number of nitrogens with two attached hydrogens (primary N) is 1. The van der Waals surface area contributed by atoms with Crippen LogP contribution in [-0.2, 0) is 9.84 Å². The van der Waals surface area contributed by atoms with Gasteiger partial charge in [-0.15, -0.1) is 0 Å². The summed E-state index contributed by atoms with van der Waals surface area (Å²) < 4.78 is 22.1. The summed E-state index contributed by atoms with van der Waals surface area (Å²) in [6.45, 7) is 1.90. The van der Waals surface area contributed by atoms with Crippen molar-refractivity contribution in [1.29, 1.82) is 0 Å². The third-order valence-corrected chi connectivity index (χ3v) is 4.93. The van der Waals surface area contributed by atoms with Crippen molar-refractivity contribution in [2.24, 2.45) is 5.73 Å². The lowest BCUT2D eigenvalue weighted by atomic mass is 10.1. The molecule has 2 saturated heterocycles. The van der Waals surface area contributed by atoms with E-state index in [1.54, 1.807) is 0 Å². The van der Waals surface area contributed by atoms with Crippen LogP contribution in [0, 0.1) is 0 Å². The summed E-state index contributed by atoms with van der Waals surface area (Å²) >= 11 is 0. The Balaban J connectivity index is 1.91. The minimum absolute atomic E-state index is 0.237. The fourth-order valence-electron chi connectivity index (χ4n) is 2.29. The average Bonchev–Trinajstić information content (AvgIpc) is 2.25. The summed E-state index contributed by atoms with van der Waals surface area (Å²) in [4.78, 5) is 2.26. The lowest BCUT2D eigenvalue weighted by molar-refractivity contribution is 0.213. The topological polar surface area (TPSA) is 63.4 Å². The van der Waals surface area contributed by atoms with Crippen LogP contribution in [0.3, 0.4) is 0 Å². The number of sulfone groups is 1. The van der Waals surface area contributed by atoms with E-state index in [9.17, 15) is 8.42 Å². The third kappa shape index (κ3) is 2.27. The molecule has 2 N–H and O–H groups in total. The summed E-state index contributed by atoms with van der Waals surface area (Å²) in [5.41, 5.74) is 5.92. The van der Waals surface area contributed by atoms with Crippen LogP contribution in [0.15, 0.2) is 0 Å². The highest BCUT2D eigenvalue weighted by Gasteiger charge is 2.38. The monoisotopic (exact) mass is 218 g/mol. The Hall–Kier alpha value is -0.130. The Morgan fingerprint density at radius 2 is 1.93 bits per heavy atom. The van der Waals surface area contributed by atoms with Crippen molar-refractivity contribution in [3.8, 4) is 0 Å². The fraction of sp³-hybridized carbons (Fsp3) is 1.00. The highest BCUT2D eigenvalue weighted by molar-refractivity contribution is 7.92. The maximum atomic E-state index is 11.0. The molecule has 2 aliphatic heterocycles. The van der Waals surface area contributed by atoms with Gasteiger partial charge in [0.25, 0.3) is 0 Å². The highest BCUT2D eigenvalue weighted by Crippen LogP contribution is 2.20. The van der Waals surface area contributed by atoms with Gasteiger partial charge in [-0.3, -0.25) is 4.90 Å². The van der Waals surface area contributed by atoms with Crippen LogP contribution in [0.5, 0.6) is 0 Å². The molecule has 0 saturated carbocycles. The molecule has 0 bridgehead atoms. The maximum Gasteiger partial charge on any atom is 0.153 e. The number of hydrogen-bond acceptors (Lipinski definition) is 4. The van der Waals surface area contributed by atoms with E-state index in [2.05, 4.69) is 4.90 Å². The van der Waals surface area contributed by atoms with Crippen molar-refractivity contribution in [2.75, 3.05) is 24.6 Å². The van der Waals surface area contributed by atoms with Crippen molar-refractivity contribution >= 4 is 9.84 Å². The van der Waals surface area contributed by atoms with Gasteiger partial charge in [-0.2, -0.15) is 0 Å². The second-order valence-corrected chi connectivity index (χ2v) is 6.64. The Morgan fingerprint density at radius 1 is 1.21 bits per heavy atom. The van der Waals surface area contributed by atoms with Crippen LogP contribution in [-0.4, -0.2) is 50.0 Å². The first-order valence-corrected chi connectivity index (χ1v) is 7.09. The smallest absolute Gasteiger partial charge is 0.153 e. The molecule has 2 fully saturated rings. The Morgan fingerprint density at radius 3 is 2.57 bits per heavy atom. The van der Waals surface area contributed by atoms with Crippen molar-refractivity contribution in [3.63, 3.8) is 0 Å². The molecule has 0 aromatic carbocycles. The van der Waals surface area contributed by atoms with E-state index in [1.807, 2.05) is 0 Å². The summed E-state index contributed by atoms with van der Waals surface area (Å²) in [6, 6.07) is 0.491. The van der Waals surface area contributed by atoms with Gasteiger partial charge in [-0.1, -0.05) is 6.42 Å². The van der Waals surface area contributed by atoms with E-state index in [4.69, 9.17) is 5.73 Å². The first kappa shape index (κ1) is 10.4. The molecule has 2 rings (SSSR count). The Labute approximate surface area is 85.4 Å². The number of likely N-dealkylation sites (tertiary alicyclic amines) is 1. The van der Waals surface area contributed by atoms with Crippen LogP contribution in [0.4, 0.5) is 0 Å². The standard InChI is InChI=1S/C9H18N2O2S/c10-8-3-1-2-4-11(5-8)9-6-14(12,13)7-9/h8-9H,1-7,10H2. The summed E-state index contributed by atoms with van der Waals surface area (Å²) in [7, 11) is -2.69. The minimum atomic E-state index is -2.69. The fourth-order valence-corrected chi connectivity index (χ4v) is 3.78. The molecule has 0 aromatic rings. The van der Waals surface area contributed by atoms with Gasteiger partial charge in [0, 0.05) is 18.6 Å². The molecule has 5 heteroatoms. The molecule has 0 radical (unpaired) electrons. The maximum absolute atomic E-state index is 11.0. The summed E-state index contributed by atoms with van der Waals surface area (Å²) in [5, 5.41) is 0. The van der Waals surface area contributed by atoms with Crippen LogP contribution in [0.1, 0.15) is 19.3 Å². The molecule has 1 atom stereocenters. The molecule has 2 aliphatic rings. The summed E-state index contributed by atoms with van der Waals surface area (Å²) in [5.74, 6) is 0.694. The van der Waals surface area contributed by atoms with Crippen LogP contribution in [0.25, 0.3) is 0 Å². The Bertz CT molecular complexity index is 290. The van der Waals surface area contributed by atoms with Gasteiger partial charge in [0.1, 0.15) is 0 Å². The number of hydrogen-bond donors (Lipinski definition) is 1. The van der Waals surface area contributed by atoms with Gasteiger partial charge in [0.2, 0.25) is 0 Å². The van der Waals surface area contributed by atoms with Gasteiger partial charge in [0.15, 0.2) is 9.84 Å². The molecular formula is C9H18N2O2S. The third-order valence-electron chi connectivity index (χ3n) is 3.15.